The molecule has 2 aromatic heterocycles. The number of rotatable bonds is 9. The van der Waals surface area contributed by atoms with Crippen LogP contribution in [-0.2, 0) is 19.6 Å². The molecule has 1 saturated heterocycles. The molecule has 0 aliphatic carbocycles. The van der Waals surface area contributed by atoms with Gasteiger partial charge in [0, 0.05) is 70.1 Å². The third-order valence-corrected chi connectivity index (χ3v) is 6.35. The number of pyridine rings is 1. The predicted molar refractivity (Wildman–Crippen MR) is 139 cm³/mol. The number of piperazine rings is 1. The Bertz CT molecular complexity index is 1200. The molecule has 1 N–H and O–H groups in total. The van der Waals surface area contributed by atoms with Crippen molar-refractivity contribution < 1.29 is 4.74 Å². The van der Waals surface area contributed by atoms with Crippen LogP contribution in [0.5, 0.6) is 5.75 Å². The van der Waals surface area contributed by atoms with E-state index in [-0.39, 0.29) is 0 Å². The summed E-state index contributed by atoms with van der Waals surface area (Å²) in [5.74, 6) is 0.875. The lowest BCUT2D eigenvalue weighted by Crippen LogP contribution is -2.43. The number of methoxy groups -OCH3 is 1. The van der Waals surface area contributed by atoms with Crippen molar-refractivity contribution in [3.63, 3.8) is 0 Å². The van der Waals surface area contributed by atoms with E-state index in [4.69, 9.17) is 4.74 Å². The maximum atomic E-state index is 5.47. The molecule has 7 heteroatoms. The van der Waals surface area contributed by atoms with E-state index in [0.29, 0.717) is 0 Å². The normalized spacial score (nSPS) is 14.1. The molecule has 0 amide bonds. The van der Waals surface area contributed by atoms with Crippen LogP contribution in [0, 0.1) is 0 Å². The Balaban J connectivity index is 1.39. The molecule has 35 heavy (non-hydrogen) atoms. The van der Waals surface area contributed by atoms with E-state index in [1.807, 2.05) is 35.3 Å². The molecule has 1 aliphatic rings. The lowest BCUT2D eigenvalue weighted by atomic mass is 10.1. The minimum atomic E-state index is 0.773. The van der Waals surface area contributed by atoms with E-state index in [9.17, 15) is 0 Å². The molecule has 5 rings (SSSR count). The van der Waals surface area contributed by atoms with Gasteiger partial charge in [0.15, 0.2) is 0 Å². The van der Waals surface area contributed by atoms with Crippen molar-refractivity contribution in [2.75, 3.05) is 38.2 Å². The van der Waals surface area contributed by atoms with E-state index in [2.05, 4.69) is 73.7 Å². The Kier molecular flexibility index (Phi) is 7.36. The number of anilines is 1. The third-order valence-electron chi connectivity index (χ3n) is 6.35. The van der Waals surface area contributed by atoms with Crippen LogP contribution in [0.4, 0.5) is 5.69 Å². The van der Waals surface area contributed by atoms with Gasteiger partial charge in [-0.25, -0.2) is 4.68 Å². The molecule has 0 unspecified atom stereocenters. The lowest BCUT2D eigenvalue weighted by Gasteiger charge is -2.28. The highest BCUT2D eigenvalue weighted by Gasteiger charge is 2.14. The van der Waals surface area contributed by atoms with Gasteiger partial charge in [0.25, 0.3) is 0 Å². The number of hydrogen-bond donors (Lipinski definition) is 1. The molecule has 0 radical (unpaired) electrons. The monoisotopic (exact) mass is 468 g/mol. The number of hydrogen-bond acceptors (Lipinski definition) is 6. The largest absolute Gasteiger partial charge is 0.497 e. The second-order valence-electron chi connectivity index (χ2n) is 8.86. The first-order valence-electron chi connectivity index (χ1n) is 12.1. The Labute approximate surface area is 207 Å². The van der Waals surface area contributed by atoms with Crippen molar-refractivity contribution >= 4 is 5.69 Å². The highest BCUT2D eigenvalue weighted by Crippen LogP contribution is 2.23. The van der Waals surface area contributed by atoms with Crippen molar-refractivity contribution in [2.24, 2.45) is 0 Å². The maximum Gasteiger partial charge on any atom is 0.119 e. The smallest absolute Gasteiger partial charge is 0.119 e. The molecule has 1 aliphatic heterocycles. The summed E-state index contributed by atoms with van der Waals surface area (Å²) in [6.07, 6.45) is 5.69. The molecule has 4 aromatic rings. The van der Waals surface area contributed by atoms with Crippen molar-refractivity contribution in [3.8, 4) is 11.4 Å². The van der Waals surface area contributed by atoms with Crippen molar-refractivity contribution in [1.29, 1.82) is 0 Å². The quantitative estimate of drug-likeness (QED) is 0.402. The number of benzene rings is 2. The second kappa shape index (κ2) is 11.2. The average molecular weight is 469 g/mol. The van der Waals surface area contributed by atoms with Crippen LogP contribution in [0.1, 0.15) is 16.8 Å². The van der Waals surface area contributed by atoms with Gasteiger partial charge in [0.05, 0.1) is 18.5 Å². The van der Waals surface area contributed by atoms with Crippen LogP contribution >= 0.6 is 0 Å². The van der Waals surface area contributed by atoms with Gasteiger partial charge in [-0.1, -0.05) is 24.3 Å². The molecular weight excluding hydrogens is 436 g/mol. The molecular formula is C28H32N6O. The molecule has 3 heterocycles. The highest BCUT2D eigenvalue weighted by molar-refractivity contribution is 5.49. The fourth-order valence-electron chi connectivity index (χ4n) is 4.47. The molecule has 7 nitrogen and oxygen atoms in total. The summed E-state index contributed by atoms with van der Waals surface area (Å²) in [7, 11) is 1.71. The van der Waals surface area contributed by atoms with E-state index < -0.39 is 0 Å². The Morgan fingerprint density at radius 1 is 0.914 bits per heavy atom. The summed E-state index contributed by atoms with van der Waals surface area (Å²) in [5.41, 5.74) is 5.78. The van der Waals surface area contributed by atoms with Crippen LogP contribution < -0.4 is 15.0 Å². The van der Waals surface area contributed by atoms with Crippen molar-refractivity contribution in [3.05, 3.63) is 102 Å². The fourth-order valence-corrected chi connectivity index (χ4v) is 4.47. The van der Waals surface area contributed by atoms with Crippen LogP contribution in [0.15, 0.2) is 85.3 Å². The van der Waals surface area contributed by atoms with E-state index >= 15 is 0 Å². The van der Waals surface area contributed by atoms with Gasteiger partial charge in [-0.2, -0.15) is 5.10 Å². The molecule has 180 valence electrons. The molecule has 0 saturated carbocycles. The molecule has 2 aromatic carbocycles. The number of nitrogens with zero attached hydrogens (tertiary/aromatic N) is 5. The number of nitrogens with one attached hydrogen (secondary N) is 1. The fraction of sp³-hybridized carbons (Fsp3) is 0.286. The van der Waals surface area contributed by atoms with Gasteiger partial charge in [0.1, 0.15) is 5.75 Å². The SMILES string of the molecule is COc1cccc(CN(Cc2ccc(-n3cccn3)cc2)c2ccnc(CN3CCNCC3)c2)c1. The standard InChI is InChI=1S/C28H32N6O/c1-35-28-5-2-4-24(18-28)21-33(20-23-6-8-26(9-7-23)34-15-3-11-31-34)27-10-12-30-25(19-27)22-32-16-13-29-14-17-32/h2-12,15,18-19,29H,13-14,16-17,20-22H2,1H3. The molecule has 0 spiro atoms. The lowest BCUT2D eigenvalue weighted by molar-refractivity contribution is 0.231. The Hall–Kier alpha value is -3.68. The zero-order chi connectivity index (χ0) is 23.9. The Morgan fingerprint density at radius 2 is 1.74 bits per heavy atom. The first kappa shape index (κ1) is 23.1. The first-order chi connectivity index (χ1) is 17.3. The number of aromatic nitrogens is 3. The van der Waals surface area contributed by atoms with Gasteiger partial charge < -0.3 is 15.0 Å². The van der Waals surface area contributed by atoms with Gasteiger partial charge in [-0.3, -0.25) is 9.88 Å². The van der Waals surface area contributed by atoms with Crippen LogP contribution in [0.3, 0.4) is 0 Å². The van der Waals surface area contributed by atoms with Gasteiger partial charge in [0.2, 0.25) is 0 Å². The van der Waals surface area contributed by atoms with E-state index in [0.717, 1.165) is 62.9 Å². The predicted octanol–water partition coefficient (Wildman–Crippen LogP) is 3.89. The minimum absolute atomic E-state index is 0.773. The molecule has 0 atom stereocenters. The summed E-state index contributed by atoms with van der Waals surface area (Å²) in [6, 6.07) is 23.2. The minimum Gasteiger partial charge on any atom is -0.497 e. The Morgan fingerprint density at radius 3 is 2.51 bits per heavy atom. The highest BCUT2D eigenvalue weighted by atomic mass is 16.5. The van der Waals surface area contributed by atoms with Crippen LogP contribution in [-0.4, -0.2) is 53.0 Å². The molecule has 1 fully saturated rings. The summed E-state index contributed by atoms with van der Waals surface area (Å²) >= 11 is 0. The zero-order valence-corrected chi connectivity index (χ0v) is 20.2. The number of ether oxygens (including phenoxy) is 1. The topological polar surface area (TPSA) is 58.5 Å². The van der Waals surface area contributed by atoms with Crippen LogP contribution in [0.25, 0.3) is 5.69 Å². The van der Waals surface area contributed by atoms with E-state index in [1.165, 1.54) is 16.8 Å². The first-order valence-corrected chi connectivity index (χ1v) is 12.1. The van der Waals surface area contributed by atoms with E-state index in [1.54, 1.807) is 13.3 Å². The van der Waals surface area contributed by atoms with Crippen molar-refractivity contribution in [1.82, 2.24) is 25.0 Å². The average Bonchev–Trinajstić information content (AvgIpc) is 3.45. The maximum absolute atomic E-state index is 5.47. The van der Waals surface area contributed by atoms with Gasteiger partial charge in [-0.05, 0) is 53.6 Å². The van der Waals surface area contributed by atoms with Crippen molar-refractivity contribution in [2.45, 2.75) is 19.6 Å². The summed E-state index contributed by atoms with van der Waals surface area (Å²) in [4.78, 5) is 9.54. The van der Waals surface area contributed by atoms with Gasteiger partial charge >= 0.3 is 0 Å². The second-order valence-corrected chi connectivity index (χ2v) is 8.86. The summed E-state index contributed by atoms with van der Waals surface area (Å²) in [5, 5.41) is 7.75. The zero-order valence-electron chi connectivity index (χ0n) is 20.2. The third kappa shape index (κ3) is 6.07. The summed E-state index contributed by atoms with van der Waals surface area (Å²) < 4.78 is 7.34. The van der Waals surface area contributed by atoms with Crippen LogP contribution in [0.2, 0.25) is 0 Å². The molecule has 0 bridgehead atoms. The van der Waals surface area contributed by atoms with Gasteiger partial charge in [-0.15, -0.1) is 0 Å². The summed E-state index contributed by atoms with van der Waals surface area (Å²) in [6.45, 7) is 6.63.